The van der Waals surface area contributed by atoms with Crippen molar-refractivity contribution in [1.29, 1.82) is 0 Å². The van der Waals surface area contributed by atoms with E-state index in [0.717, 1.165) is 27.1 Å². The first-order valence-electron chi connectivity index (χ1n) is 11.3. The fourth-order valence-corrected chi connectivity index (χ4v) is 3.98. The lowest BCUT2D eigenvalue weighted by atomic mass is 10.0. The van der Waals surface area contributed by atoms with Crippen molar-refractivity contribution in [2.45, 2.75) is 33.2 Å². The molecule has 0 saturated heterocycles. The summed E-state index contributed by atoms with van der Waals surface area (Å²) in [4.78, 5) is 30.2. The first-order valence-corrected chi connectivity index (χ1v) is 11.3. The number of carbonyl (C=O) groups excluding carboxylic acids is 1. The van der Waals surface area contributed by atoms with Crippen molar-refractivity contribution in [3.63, 3.8) is 0 Å². The number of hydrogen-bond donors (Lipinski definition) is 1. The first-order chi connectivity index (χ1) is 16.9. The molecule has 9 heteroatoms. The Hall–Kier alpha value is -4.53. The fraction of sp³-hybridized carbons (Fsp3) is 0.192. The van der Waals surface area contributed by atoms with Crippen molar-refractivity contribution >= 4 is 17.2 Å². The molecule has 0 unspecified atom stereocenters. The predicted molar refractivity (Wildman–Crippen MR) is 132 cm³/mol. The van der Waals surface area contributed by atoms with Crippen molar-refractivity contribution in [1.82, 2.24) is 24.3 Å². The van der Waals surface area contributed by atoms with E-state index in [9.17, 15) is 9.59 Å². The molecule has 3 heterocycles. The second-order valence-corrected chi connectivity index (χ2v) is 8.64. The zero-order valence-corrected chi connectivity index (χ0v) is 19.6. The molecule has 5 aromatic rings. The van der Waals surface area contributed by atoms with Crippen LogP contribution in [0.4, 0.5) is 5.69 Å². The number of hydrogen-bond acceptors (Lipinski definition) is 6. The van der Waals surface area contributed by atoms with Crippen LogP contribution < -0.4 is 11.0 Å². The van der Waals surface area contributed by atoms with Gasteiger partial charge in [0.15, 0.2) is 5.65 Å². The number of aromatic nitrogens is 5. The van der Waals surface area contributed by atoms with Gasteiger partial charge in [-0.1, -0.05) is 61.0 Å². The molecule has 0 bridgehead atoms. The summed E-state index contributed by atoms with van der Waals surface area (Å²) in [5, 5.41) is 11.4. The van der Waals surface area contributed by atoms with E-state index in [-0.39, 0.29) is 24.3 Å². The summed E-state index contributed by atoms with van der Waals surface area (Å²) >= 11 is 0. The number of rotatable bonds is 6. The highest BCUT2D eigenvalue weighted by Gasteiger charge is 2.19. The minimum absolute atomic E-state index is 0.231. The van der Waals surface area contributed by atoms with Gasteiger partial charge in [0.2, 0.25) is 11.7 Å². The number of para-hydroxylation sites is 1. The Morgan fingerprint density at radius 2 is 1.91 bits per heavy atom. The summed E-state index contributed by atoms with van der Waals surface area (Å²) in [7, 11) is 0. The molecule has 5 rings (SSSR count). The minimum atomic E-state index is -0.437. The zero-order valence-electron chi connectivity index (χ0n) is 19.6. The molecule has 0 radical (unpaired) electrons. The van der Waals surface area contributed by atoms with Crippen LogP contribution in [0.5, 0.6) is 0 Å². The second-order valence-electron chi connectivity index (χ2n) is 8.64. The Morgan fingerprint density at radius 1 is 1.09 bits per heavy atom. The second kappa shape index (κ2) is 9.02. The van der Waals surface area contributed by atoms with Crippen LogP contribution >= 0.6 is 0 Å². The maximum atomic E-state index is 13.0. The first kappa shape index (κ1) is 22.3. The smallest absolute Gasteiger partial charge is 0.333 e. The number of benzene rings is 2. The standard InChI is InChI=1S/C26H24N6O3/c1-16(2)19-10-4-5-12-21(19)27-22(33)15-32-26(34)31-13-7-11-20(24(31)29-32)25-28-23(30-35-25)18-9-6-8-17(3)14-18/h4-14,16H,15H2,1-3H3,(H,27,33). The van der Waals surface area contributed by atoms with E-state index in [1.807, 2.05) is 55.5 Å². The van der Waals surface area contributed by atoms with Crippen molar-refractivity contribution < 1.29 is 9.32 Å². The van der Waals surface area contributed by atoms with Gasteiger partial charge in [0.05, 0.1) is 5.56 Å². The average molecular weight is 469 g/mol. The minimum Gasteiger partial charge on any atom is -0.333 e. The van der Waals surface area contributed by atoms with Crippen LogP contribution in [0, 0.1) is 6.92 Å². The number of fused-ring (bicyclic) bond motifs is 1. The SMILES string of the molecule is Cc1cccc(-c2noc(-c3cccn4c(=O)n(CC(=O)Nc5ccccc5C(C)C)nc34)n2)c1. The Labute approximate surface area is 201 Å². The highest BCUT2D eigenvalue weighted by molar-refractivity contribution is 5.91. The summed E-state index contributed by atoms with van der Waals surface area (Å²) in [5.74, 6) is 0.575. The van der Waals surface area contributed by atoms with Gasteiger partial charge in [0.25, 0.3) is 5.89 Å². The summed E-state index contributed by atoms with van der Waals surface area (Å²) in [6.07, 6.45) is 1.59. The number of nitrogens with zero attached hydrogens (tertiary/aromatic N) is 5. The number of amides is 1. The molecule has 0 aliphatic heterocycles. The number of pyridine rings is 1. The molecule has 1 N–H and O–H groups in total. The van der Waals surface area contributed by atoms with Crippen LogP contribution in [0.2, 0.25) is 0 Å². The van der Waals surface area contributed by atoms with Gasteiger partial charge in [-0.15, -0.1) is 5.10 Å². The van der Waals surface area contributed by atoms with E-state index < -0.39 is 5.69 Å². The maximum absolute atomic E-state index is 13.0. The van der Waals surface area contributed by atoms with Crippen LogP contribution in [0.3, 0.4) is 0 Å². The molecule has 0 fully saturated rings. The van der Waals surface area contributed by atoms with Gasteiger partial charge in [0.1, 0.15) is 6.54 Å². The molecule has 1 amide bonds. The molecule has 0 saturated carbocycles. The van der Waals surface area contributed by atoms with Crippen molar-refractivity contribution in [2.24, 2.45) is 0 Å². The normalized spacial score (nSPS) is 11.3. The molecule has 3 aromatic heterocycles. The fourth-order valence-electron chi connectivity index (χ4n) is 3.98. The van der Waals surface area contributed by atoms with Gasteiger partial charge < -0.3 is 9.84 Å². The third kappa shape index (κ3) is 4.35. The summed E-state index contributed by atoms with van der Waals surface area (Å²) in [5.41, 5.74) is 4.04. The lowest BCUT2D eigenvalue weighted by Gasteiger charge is -2.13. The van der Waals surface area contributed by atoms with E-state index in [1.165, 1.54) is 4.40 Å². The molecule has 0 aliphatic rings. The van der Waals surface area contributed by atoms with E-state index in [1.54, 1.807) is 18.3 Å². The Morgan fingerprint density at radius 3 is 2.71 bits per heavy atom. The lowest BCUT2D eigenvalue weighted by Crippen LogP contribution is -2.28. The lowest BCUT2D eigenvalue weighted by molar-refractivity contribution is -0.117. The van der Waals surface area contributed by atoms with Crippen LogP contribution in [-0.4, -0.2) is 30.2 Å². The molecule has 2 aromatic carbocycles. The third-order valence-corrected chi connectivity index (χ3v) is 5.69. The summed E-state index contributed by atoms with van der Waals surface area (Å²) in [6, 6.07) is 18.8. The Balaban J connectivity index is 1.45. The van der Waals surface area contributed by atoms with Gasteiger partial charge in [-0.25, -0.2) is 13.9 Å². The predicted octanol–water partition coefficient (Wildman–Crippen LogP) is 4.28. The molecule has 9 nitrogen and oxygen atoms in total. The quantitative estimate of drug-likeness (QED) is 0.399. The van der Waals surface area contributed by atoms with E-state index in [4.69, 9.17) is 4.52 Å². The van der Waals surface area contributed by atoms with Crippen molar-refractivity contribution in [2.75, 3.05) is 5.32 Å². The van der Waals surface area contributed by atoms with E-state index in [2.05, 4.69) is 34.4 Å². The largest absolute Gasteiger partial charge is 0.350 e. The van der Waals surface area contributed by atoms with Crippen molar-refractivity contribution in [3.8, 4) is 22.8 Å². The number of nitrogens with one attached hydrogen (secondary N) is 1. The van der Waals surface area contributed by atoms with E-state index in [0.29, 0.717) is 17.0 Å². The number of carbonyl (C=O) groups is 1. The van der Waals surface area contributed by atoms with Crippen molar-refractivity contribution in [3.05, 3.63) is 88.5 Å². The third-order valence-electron chi connectivity index (χ3n) is 5.69. The summed E-state index contributed by atoms with van der Waals surface area (Å²) in [6.45, 7) is 5.87. The van der Waals surface area contributed by atoms with Gasteiger partial charge >= 0.3 is 5.69 Å². The van der Waals surface area contributed by atoms with Gasteiger partial charge in [-0.2, -0.15) is 4.98 Å². The Kier molecular flexibility index (Phi) is 5.74. The topological polar surface area (TPSA) is 107 Å². The summed E-state index contributed by atoms with van der Waals surface area (Å²) < 4.78 is 7.98. The number of aryl methyl sites for hydroxylation is 1. The van der Waals surface area contributed by atoms with Crippen LogP contribution in [0.15, 0.2) is 76.2 Å². The highest BCUT2D eigenvalue weighted by atomic mass is 16.5. The van der Waals surface area contributed by atoms with E-state index >= 15 is 0 Å². The number of anilines is 1. The van der Waals surface area contributed by atoms with Gasteiger partial charge in [-0.05, 0) is 42.7 Å². The average Bonchev–Trinajstić information content (AvgIpc) is 3.45. The van der Waals surface area contributed by atoms with Crippen LogP contribution in [0.1, 0.15) is 30.9 Å². The monoisotopic (exact) mass is 468 g/mol. The van der Waals surface area contributed by atoms with Crippen LogP contribution in [0.25, 0.3) is 28.5 Å². The molecule has 176 valence electrons. The Bertz CT molecular complexity index is 1590. The molecular weight excluding hydrogens is 444 g/mol. The molecule has 0 spiro atoms. The molecule has 0 aliphatic carbocycles. The molecule has 0 atom stereocenters. The van der Waals surface area contributed by atoms with Gasteiger partial charge in [0, 0.05) is 17.4 Å². The zero-order chi connectivity index (χ0) is 24.5. The van der Waals surface area contributed by atoms with Crippen LogP contribution in [-0.2, 0) is 11.3 Å². The highest BCUT2D eigenvalue weighted by Crippen LogP contribution is 2.25. The molecule has 35 heavy (non-hydrogen) atoms. The maximum Gasteiger partial charge on any atom is 0.350 e. The molecular formula is C26H24N6O3. The van der Waals surface area contributed by atoms with Gasteiger partial charge in [-0.3, -0.25) is 4.79 Å².